The van der Waals surface area contributed by atoms with Gasteiger partial charge in [-0.1, -0.05) is 48.5 Å². The van der Waals surface area contributed by atoms with Crippen LogP contribution in [-0.2, 0) is 6.18 Å². The second-order valence-electron chi connectivity index (χ2n) is 7.20. The van der Waals surface area contributed by atoms with Gasteiger partial charge in [0.05, 0.1) is 11.4 Å². The maximum absolute atomic E-state index is 13.4. The van der Waals surface area contributed by atoms with E-state index in [1.165, 1.54) is 6.07 Å². The Hall–Kier alpha value is -3.93. The Kier molecular flexibility index (Phi) is 4.36. The maximum Gasteiger partial charge on any atom is 0.416 e. The molecule has 0 aliphatic rings. The average molecular weight is 416 g/mol. The van der Waals surface area contributed by atoms with E-state index in [1.54, 1.807) is 10.5 Å². The number of alkyl halides is 3. The summed E-state index contributed by atoms with van der Waals surface area (Å²) >= 11 is 0. The fourth-order valence-electron chi connectivity index (χ4n) is 3.77. The molecular formula is C25H15F3N2O. The van der Waals surface area contributed by atoms with Crippen LogP contribution in [0.15, 0.2) is 91.0 Å². The monoisotopic (exact) mass is 416 g/mol. The summed E-state index contributed by atoms with van der Waals surface area (Å²) in [7, 11) is 0. The van der Waals surface area contributed by atoms with Crippen molar-refractivity contribution in [1.82, 2.24) is 4.98 Å². The minimum absolute atomic E-state index is 0.208. The number of pyridine rings is 1. The van der Waals surface area contributed by atoms with E-state index in [1.807, 2.05) is 66.7 Å². The van der Waals surface area contributed by atoms with Crippen LogP contribution < -0.4 is 9.51 Å². The van der Waals surface area contributed by atoms with E-state index in [0.29, 0.717) is 5.69 Å². The molecule has 0 aliphatic carbocycles. The van der Waals surface area contributed by atoms with Crippen LogP contribution in [0.25, 0.3) is 38.9 Å². The van der Waals surface area contributed by atoms with E-state index in [2.05, 4.69) is 4.98 Å². The molecule has 0 amide bonds. The Morgan fingerprint density at radius 3 is 1.97 bits per heavy atom. The molecule has 0 bridgehead atoms. The fourth-order valence-corrected chi connectivity index (χ4v) is 3.77. The predicted octanol–water partition coefficient (Wildman–Crippen LogP) is 5.40. The normalized spacial score (nSPS) is 11.8. The van der Waals surface area contributed by atoms with Crippen molar-refractivity contribution in [2.75, 3.05) is 0 Å². The lowest BCUT2D eigenvalue weighted by molar-refractivity contribution is -0.474. The first-order valence-corrected chi connectivity index (χ1v) is 9.60. The molecule has 5 rings (SSSR count). The Labute approximate surface area is 175 Å². The molecule has 3 aromatic carbocycles. The lowest BCUT2D eigenvalue weighted by atomic mass is 10.0. The fraction of sp³-hybridized carbons (Fsp3) is 0.0400. The van der Waals surface area contributed by atoms with Crippen molar-refractivity contribution in [3.8, 4) is 28.3 Å². The van der Waals surface area contributed by atoms with Crippen molar-refractivity contribution < 1.29 is 22.7 Å². The van der Waals surface area contributed by atoms with Gasteiger partial charge < -0.3 is 5.11 Å². The number of nitrogens with zero attached hydrogens (tertiary/aromatic N) is 2. The standard InChI is InChI=1S/C25H15F3N2O/c26-25(27,28)19-11-12-20-22(15-19)30-21(17-9-5-2-6-10-17)13-18(14-23(30)24(31)29-20)16-7-3-1-4-8-16/h1-15H. The van der Waals surface area contributed by atoms with Gasteiger partial charge >= 0.3 is 6.18 Å². The SMILES string of the molecule is [O-]c1nc2ccc(C(F)(F)F)cc2[n+]2c(-c3ccccc3)cc(-c3ccccc3)cc12. The van der Waals surface area contributed by atoms with Crippen LogP contribution >= 0.6 is 0 Å². The zero-order chi connectivity index (χ0) is 21.6. The third-order valence-electron chi connectivity index (χ3n) is 5.23. The molecule has 2 heterocycles. The highest BCUT2D eigenvalue weighted by Gasteiger charge is 2.32. The highest BCUT2D eigenvalue weighted by Crippen LogP contribution is 2.33. The summed E-state index contributed by atoms with van der Waals surface area (Å²) < 4.78 is 41.8. The molecule has 0 atom stereocenters. The van der Waals surface area contributed by atoms with Crippen LogP contribution in [0.1, 0.15) is 5.56 Å². The summed E-state index contributed by atoms with van der Waals surface area (Å²) in [6.07, 6.45) is -4.51. The molecule has 3 nitrogen and oxygen atoms in total. The molecule has 0 saturated heterocycles. The molecule has 2 aromatic heterocycles. The van der Waals surface area contributed by atoms with Crippen LogP contribution in [0.4, 0.5) is 13.2 Å². The van der Waals surface area contributed by atoms with Crippen molar-refractivity contribution in [1.29, 1.82) is 0 Å². The van der Waals surface area contributed by atoms with E-state index in [-0.39, 0.29) is 16.6 Å². The van der Waals surface area contributed by atoms with Crippen LogP contribution in [0.3, 0.4) is 0 Å². The Morgan fingerprint density at radius 1 is 0.677 bits per heavy atom. The third-order valence-corrected chi connectivity index (χ3v) is 5.23. The Balaban J connectivity index is 1.94. The molecule has 0 saturated carbocycles. The van der Waals surface area contributed by atoms with Crippen molar-refractivity contribution in [2.24, 2.45) is 0 Å². The zero-order valence-electron chi connectivity index (χ0n) is 16.1. The van der Waals surface area contributed by atoms with Gasteiger partial charge in [-0.05, 0) is 35.4 Å². The van der Waals surface area contributed by atoms with E-state index in [9.17, 15) is 18.3 Å². The number of hydrogen-bond donors (Lipinski definition) is 0. The summed E-state index contributed by atoms with van der Waals surface area (Å²) in [5, 5.41) is 12.9. The molecule has 0 radical (unpaired) electrons. The second-order valence-corrected chi connectivity index (χ2v) is 7.20. The highest BCUT2D eigenvalue weighted by atomic mass is 19.4. The first-order chi connectivity index (χ1) is 14.9. The summed E-state index contributed by atoms with van der Waals surface area (Å²) in [6, 6.07) is 25.6. The number of halogens is 3. The van der Waals surface area contributed by atoms with Crippen LogP contribution in [0.5, 0.6) is 5.88 Å². The van der Waals surface area contributed by atoms with E-state index in [0.717, 1.165) is 28.8 Å². The molecular weight excluding hydrogens is 401 g/mol. The van der Waals surface area contributed by atoms with Crippen LogP contribution in [0, 0.1) is 0 Å². The van der Waals surface area contributed by atoms with Crippen molar-refractivity contribution in [2.45, 2.75) is 6.18 Å². The van der Waals surface area contributed by atoms with Gasteiger partial charge in [0.2, 0.25) is 16.7 Å². The summed E-state index contributed by atoms with van der Waals surface area (Å²) in [4.78, 5) is 4.05. The summed E-state index contributed by atoms with van der Waals surface area (Å²) in [5.74, 6) is -0.498. The summed E-state index contributed by atoms with van der Waals surface area (Å²) in [5.41, 5.74) is 2.92. The molecule has 5 aromatic rings. The van der Waals surface area contributed by atoms with Crippen molar-refractivity contribution in [3.05, 3.63) is 96.6 Å². The smallest absolute Gasteiger partial charge is 0.416 e. The topological polar surface area (TPSA) is 40.1 Å². The third kappa shape index (κ3) is 3.36. The quantitative estimate of drug-likeness (QED) is 0.286. The van der Waals surface area contributed by atoms with Crippen molar-refractivity contribution >= 4 is 16.6 Å². The highest BCUT2D eigenvalue weighted by molar-refractivity contribution is 5.80. The number of benzene rings is 3. The van der Waals surface area contributed by atoms with E-state index < -0.39 is 17.6 Å². The lowest BCUT2D eigenvalue weighted by Crippen LogP contribution is -2.29. The van der Waals surface area contributed by atoms with Gasteiger partial charge in [-0.25, -0.2) is 0 Å². The Morgan fingerprint density at radius 2 is 1.32 bits per heavy atom. The van der Waals surface area contributed by atoms with Crippen LogP contribution in [-0.4, -0.2) is 4.98 Å². The second kappa shape index (κ2) is 7.09. The molecule has 0 fully saturated rings. The van der Waals surface area contributed by atoms with Gasteiger partial charge in [0.1, 0.15) is 5.52 Å². The van der Waals surface area contributed by atoms with Crippen LogP contribution in [0.2, 0.25) is 0 Å². The Bertz CT molecular complexity index is 1420. The minimum Gasteiger partial charge on any atom is -0.854 e. The predicted molar refractivity (Wildman–Crippen MR) is 110 cm³/mol. The number of aromatic nitrogens is 2. The molecule has 0 spiro atoms. The number of fused-ring (bicyclic) bond motifs is 3. The van der Waals surface area contributed by atoms with E-state index >= 15 is 0 Å². The van der Waals surface area contributed by atoms with Gasteiger partial charge in [-0.2, -0.15) is 17.6 Å². The zero-order valence-corrected chi connectivity index (χ0v) is 16.1. The molecule has 6 heteroatoms. The lowest BCUT2D eigenvalue weighted by Gasteiger charge is -2.13. The minimum atomic E-state index is -4.51. The van der Waals surface area contributed by atoms with Gasteiger partial charge in [0.15, 0.2) is 0 Å². The van der Waals surface area contributed by atoms with Gasteiger partial charge in [0, 0.05) is 23.8 Å². The first kappa shape index (κ1) is 19.1. The maximum atomic E-state index is 13.4. The van der Waals surface area contributed by atoms with Crippen molar-refractivity contribution in [3.63, 3.8) is 0 Å². The molecule has 152 valence electrons. The summed E-state index contributed by atoms with van der Waals surface area (Å²) in [6.45, 7) is 0. The van der Waals surface area contributed by atoms with E-state index in [4.69, 9.17) is 0 Å². The largest absolute Gasteiger partial charge is 0.854 e. The molecule has 0 aliphatic heterocycles. The van der Waals surface area contributed by atoms with Gasteiger partial charge in [-0.15, -0.1) is 0 Å². The van der Waals surface area contributed by atoms with Gasteiger partial charge in [-0.3, -0.25) is 4.98 Å². The average Bonchev–Trinajstić information content (AvgIpc) is 2.79. The molecule has 31 heavy (non-hydrogen) atoms. The number of hydrogen-bond acceptors (Lipinski definition) is 2. The molecule has 0 N–H and O–H groups in total. The number of rotatable bonds is 2. The molecule has 0 unspecified atom stereocenters. The first-order valence-electron chi connectivity index (χ1n) is 9.60. The van der Waals surface area contributed by atoms with Gasteiger partial charge in [0.25, 0.3) is 0 Å².